The van der Waals surface area contributed by atoms with Gasteiger partial charge < -0.3 is 5.73 Å². The molecule has 0 heterocycles. The van der Waals surface area contributed by atoms with Gasteiger partial charge in [0, 0.05) is 23.1 Å². The van der Waals surface area contributed by atoms with Crippen molar-refractivity contribution in [2.24, 2.45) is 5.73 Å². The van der Waals surface area contributed by atoms with E-state index in [-0.39, 0.29) is 0 Å². The second-order valence-electron chi connectivity index (χ2n) is 4.73. The summed E-state index contributed by atoms with van der Waals surface area (Å²) in [7, 11) is 2.20. The zero-order valence-electron chi connectivity index (χ0n) is 9.70. The minimum Gasteiger partial charge on any atom is -0.328 e. The van der Waals surface area contributed by atoms with E-state index in [1.54, 1.807) is 0 Å². The van der Waals surface area contributed by atoms with Crippen molar-refractivity contribution in [1.29, 1.82) is 0 Å². The summed E-state index contributed by atoms with van der Waals surface area (Å²) >= 11 is 3.59. The summed E-state index contributed by atoms with van der Waals surface area (Å²) in [6, 6.07) is 9.49. The Balaban J connectivity index is 1.97. The molecule has 0 aromatic heterocycles. The fourth-order valence-electron chi connectivity index (χ4n) is 2.42. The summed E-state index contributed by atoms with van der Waals surface area (Å²) in [5, 5.41) is 0. The largest absolute Gasteiger partial charge is 0.328 e. The molecule has 2 nitrogen and oxygen atoms in total. The lowest BCUT2D eigenvalue weighted by molar-refractivity contribution is 0.235. The SMILES string of the molecule is CN(Cc1ccccc1Br)C1CCC(N)C1. The molecule has 2 N–H and O–H groups in total. The second-order valence-corrected chi connectivity index (χ2v) is 5.59. The highest BCUT2D eigenvalue weighted by molar-refractivity contribution is 9.10. The number of benzene rings is 1. The van der Waals surface area contributed by atoms with Crippen LogP contribution in [0, 0.1) is 0 Å². The van der Waals surface area contributed by atoms with Crippen molar-refractivity contribution in [3.63, 3.8) is 0 Å². The fourth-order valence-corrected chi connectivity index (χ4v) is 2.83. The van der Waals surface area contributed by atoms with Crippen LogP contribution in [-0.4, -0.2) is 24.0 Å². The van der Waals surface area contributed by atoms with Gasteiger partial charge in [0.05, 0.1) is 0 Å². The average molecular weight is 283 g/mol. The molecule has 0 radical (unpaired) electrons. The second kappa shape index (κ2) is 5.30. The van der Waals surface area contributed by atoms with Crippen LogP contribution in [0.25, 0.3) is 0 Å². The summed E-state index contributed by atoms with van der Waals surface area (Å²) in [6.45, 7) is 0.999. The molecule has 0 spiro atoms. The fraction of sp³-hybridized carbons (Fsp3) is 0.538. The van der Waals surface area contributed by atoms with E-state index in [2.05, 4.69) is 52.1 Å². The zero-order valence-corrected chi connectivity index (χ0v) is 11.3. The molecule has 0 bridgehead atoms. The van der Waals surface area contributed by atoms with E-state index in [1.165, 1.54) is 22.9 Å². The highest BCUT2D eigenvalue weighted by Crippen LogP contribution is 2.25. The molecular weight excluding hydrogens is 264 g/mol. The monoisotopic (exact) mass is 282 g/mol. The van der Waals surface area contributed by atoms with Crippen LogP contribution >= 0.6 is 15.9 Å². The quantitative estimate of drug-likeness (QED) is 0.924. The predicted molar refractivity (Wildman–Crippen MR) is 71.2 cm³/mol. The summed E-state index contributed by atoms with van der Waals surface area (Å²) in [6.07, 6.45) is 3.55. The maximum Gasteiger partial charge on any atom is 0.0244 e. The van der Waals surface area contributed by atoms with Gasteiger partial charge in [-0.25, -0.2) is 0 Å². The van der Waals surface area contributed by atoms with Crippen molar-refractivity contribution in [3.8, 4) is 0 Å². The van der Waals surface area contributed by atoms with Crippen molar-refractivity contribution >= 4 is 15.9 Å². The Morgan fingerprint density at radius 1 is 1.38 bits per heavy atom. The van der Waals surface area contributed by atoms with Crippen molar-refractivity contribution in [2.75, 3.05) is 7.05 Å². The summed E-state index contributed by atoms with van der Waals surface area (Å²) in [5.74, 6) is 0. The molecule has 1 fully saturated rings. The van der Waals surface area contributed by atoms with E-state index in [9.17, 15) is 0 Å². The molecule has 88 valence electrons. The Hall–Kier alpha value is -0.380. The molecule has 2 atom stereocenters. The number of halogens is 1. The molecule has 2 rings (SSSR count). The number of rotatable bonds is 3. The van der Waals surface area contributed by atoms with Gasteiger partial charge in [-0.3, -0.25) is 4.90 Å². The minimum atomic E-state index is 0.409. The van der Waals surface area contributed by atoms with E-state index >= 15 is 0 Å². The predicted octanol–water partition coefficient (Wildman–Crippen LogP) is 2.76. The van der Waals surface area contributed by atoms with E-state index in [0.29, 0.717) is 12.1 Å². The molecule has 1 aliphatic carbocycles. The molecule has 0 amide bonds. The first kappa shape index (κ1) is 12.1. The Kier molecular flexibility index (Phi) is 4.00. The van der Waals surface area contributed by atoms with E-state index in [1.807, 2.05) is 0 Å². The number of hydrogen-bond donors (Lipinski definition) is 1. The third-order valence-corrected chi connectivity index (χ3v) is 4.22. The molecule has 1 aromatic carbocycles. The molecule has 1 aromatic rings. The van der Waals surface area contributed by atoms with E-state index < -0.39 is 0 Å². The third-order valence-electron chi connectivity index (χ3n) is 3.45. The lowest BCUT2D eigenvalue weighted by Crippen LogP contribution is -2.30. The van der Waals surface area contributed by atoms with Gasteiger partial charge in [-0.2, -0.15) is 0 Å². The van der Waals surface area contributed by atoms with Gasteiger partial charge in [0.15, 0.2) is 0 Å². The molecular formula is C13H19BrN2. The van der Waals surface area contributed by atoms with Crippen molar-refractivity contribution in [3.05, 3.63) is 34.3 Å². The van der Waals surface area contributed by atoms with Crippen LogP contribution in [0.15, 0.2) is 28.7 Å². The Bertz CT molecular complexity index is 354. The highest BCUT2D eigenvalue weighted by Gasteiger charge is 2.25. The van der Waals surface area contributed by atoms with Crippen molar-refractivity contribution < 1.29 is 0 Å². The van der Waals surface area contributed by atoms with Crippen LogP contribution in [0.1, 0.15) is 24.8 Å². The zero-order chi connectivity index (χ0) is 11.5. The van der Waals surface area contributed by atoms with Gasteiger partial charge in [0.1, 0.15) is 0 Å². The van der Waals surface area contributed by atoms with Crippen LogP contribution in [0.4, 0.5) is 0 Å². The molecule has 1 saturated carbocycles. The molecule has 2 unspecified atom stereocenters. The standard InChI is InChI=1S/C13H19BrN2/c1-16(12-7-6-11(15)8-12)9-10-4-2-3-5-13(10)14/h2-5,11-12H,6-9,15H2,1H3. The van der Waals surface area contributed by atoms with Crippen LogP contribution in [0.3, 0.4) is 0 Å². The summed E-state index contributed by atoms with van der Waals surface area (Å²) in [4.78, 5) is 2.42. The lowest BCUT2D eigenvalue weighted by Gasteiger charge is -2.24. The Labute approximate surface area is 106 Å². The first-order chi connectivity index (χ1) is 7.66. The normalized spacial score (nSPS) is 25.2. The summed E-state index contributed by atoms with van der Waals surface area (Å²) < 4.78 is 1.20. The molecule has 16 heavy (non-hydrogen) atoms. The third kappa shape index (κ3) is 2.84. The number of nitrogens with zero attached hydrogens (tertiary/aromatic N) is 1. The molecule has 3 heteroatoms. The van der Waals surface area contributed by atoms with Gasteiger partial charge >= 0.3 is 0 Å². The first-order valence-electron chi connectivity index (χ1n) is 5.86. The Morgan fingerprint density at radius 2 is 2.12 bits per heavy atom. The number of nitrogens with two attached hydrogens (primary N) is 1. The molecule has 1 aliphatic rings. The molecule has 0 aliphatic heterocycles. The lowest BCUT2D eigenvalue weighted by atomic mass is 10.1. The average Bonchev–Trinajstić information content (AvgIpc) is 2.68. The van der Waals surface area contributed by atoms with Gasteiger partial charge in [0.25, 0.3) is 0 Å². The van der Waals surface area contributed by atoms with Crippen molar-refractivity contribution in [2.45, 2.75) is 37.9 Å². The maximum absolute atomic E-state index is 5.95. The van der Waals surface area contributed by atoms with Gasteiger partial charge in [-0.05, 0) is 37.9 Å². The van der Waals surface area contributed by atoms with Crippen LogP contribution in [0.5, 0.6) is 0 Å². The smallest absolute Gasteiger partial charge is 0.0244 e. The van der Waals surface area contributed by atoms with Gasteiger partial charge in [-0.15, -0.1) is 0 Å². The topological polar surface area (TPSA) is 29.3 Å². The van der Waals surface area contributed by atoms with Gasteiger partial charge in [0.2, 0.25) is 0 Å². The van der Waals surface area contributed by atoms with E-state index in [0.717, 1.165) is 13.0 Å². The maximum atomic E-state index is 5.95. The molecule has 0 saturated heterocycles. The van der Waals surface area contributed by atoms with Crippen LogP contribution in [-0.2, 0) is 6.54 Å². The summed E-state index contributed by atoms with van der Waals surface area (Å²) in [5.41, 5.74) is 7.30. The Morgan fingerprint density at radius 3 is 2.75 bits per heavy atom. The van der Waals surface area contributed by atoms with Crippen LogP contribution < -0.4 is 5.73 Å². The van der Waals surface area contributed by atoms with Crippen LogP contribution in [0.2, 0.25) is 0 Å². The van der Waals surface area contributed by atoms with Crippen molar-refractivity contribution in [1.82, 2.24) is 4.90 Å². The first-order valence-corrected chi connectivity index (χ1v) is 6.65. The van der Waals surface area contributed by atoms with Gasteiger partial charge in [-0.1, -0.05) is 34.1 Å². The number of hydrogen-bond acceptors (Lipinski definition) is 2. The minimum absolute atomic E-state index is 0.409. The highest BCUT2D eigenvalue weighted by atomic mass is 79.9. The van der Waals surface area contributed by atoms with E-state index in [4.69, 9.17) is 5.73 Å².